The Bertz CT molecular complexity index is 899. The van der Waals surface area contributed by atoms with Crippen molar-refractivity contribution in [1.29, 1.82) is 0 Å². The van der Waals surface area contributed by atoms with Gasteiger partial charge in [-0.2, -0.15) is 5.10 Å². The average Bonchev–Trinajstić information content (AvgIpc) is 3.21. The molecule has 0 bridgehead atoms. The molecule has 8 heteroatoms. The van der Waals surface area contributed by atoms with Crippen molar-refractivity contribution in [2.45, 2.75) is 17.0 Å². The summed E-state index contributed by atoms with van der Waals surface area (Å²) >= 11 is 7.89. The molecule has 3 aromatic rings. The van der Waals surface area contributed by atoms with Gasteiger partial charge in [-0.25, -0.2) is 4.98 Å². The maximum atomic E-state index is 12.6. The van der Waals surface area contributed by atoms with Gasteiger partial charge < -0.3 is 10.2 Å². The summed E-state index contributed by atoms with van der Waals surface area (Å²) in [6.07, 6.45) is 1.49. The van der Waals surface area contributed by atoms with Gasteiger partial charge in [-0.1, -0.05) is 53.7 Å². The molecule has 0 aliphatic carbocycles. The van der Waals surface area contributed by atoms with Crippen LogP contribution in [0.3, 0.4) is 0 Å². The van der Waals surface area contributed by atoms with Crippen molar-refractivity contribution in [3.05, 3.63) is 76.6 Å². The predicted octanol–water partition coefficient (Wildman–Crippen LogP) is 3.78. The van der Waals surface area contributed by atoms with E-state index in [9.17, 15) is 4.79 Å². The van der Waals surface area contributed by atoms with Crippen molar-refractivity contribution in [1.82, 2.24) is 25.4 Å². The van der Waals surface area contributed by atoms with Gasteiger partial charge in [0.15, 0.2) is 5.16 Å². The van der Waals surface area contributed by atoms with Crippen molar-refractivity contribution in [2.24, 2.45) is 0 Å². The Labute approximate surface area is 173 Å². The number of carbonyl (C=O) groups is 1. The highest BCUT2D eigenvalue weighted by molar-refractivity contribution is 7.98. The molecule has 0 aliphatic heterocycles. The van der Waals surface area contributed by atoms with Gasteiger partial charge in [-0.05, 0) is 43.4 Å². The fraction of sp³-hybridized carbons (Fsp3) is 0.250. The van der Waals surface area contributed by atoms with Crippen LogP contribution < -0.4 is 5.32 Å². The van der Waals surface area contributed by atoms with E-state index >= 15 is 0 Å². The molecule has 28 heavy (non-hydrogen) atoms. The van der Waals surface area contributed by atoms with Crippen LogP contribution in [0, 0.1) is 0 Å². The first-order valence-electron chi connectivity index (χ1n) is 8.80. The van der Waals surface area contributed by atoms with Crippen LogP contribution in [0.4, 0.5) is 0 Å². The number of hydrogen-bond acceptors (Lipinski definition) is 5. The topological polar surface area (TPSA) is 73.9 Å². The average molecular weight is 416 g/mol. The second-order valence-corrected chi connectivity index (χ2v) is 7.86. The zero-order valence-corrected chi connectivity index (χ0v) is 17.3. The van der Waals surface area contributed by atoms with Crippen molar-refractivity contribution in [3.63, 3.8) is 0 Å². The van der Waals surface area contributed by atoms with E-state index in [0.717, 1.165) is 22.0 Å². The standard InChI is InChI=1S/C20H22ClN5OS/c1-26(2)18(16-5-3-4-6-17(16)21)11-22-19(27)15-9-7-14(8-10-15)12-28-20-23-13-24-25-20/h3-10,13,18H,11-12H2,1-2H3,(H,22,27)(H,23,24,25)/t18-/m1/s1. The van der Waals surface area contributed by atoms with E-state index in [1.807, 2.05) is 67.5 Å². The highest BCUT2D eigenvalue weighted by Crippen LogP contribution is 2.25. The van der Waals surface area contributed by atoms with Crippen LogP contribution in [0.2, 0.25) is 5.02 Å². The van der Waals surface area contributed by atoms with Gasteiger partial charge in [0.1, 0.15) is 6.33 Å². The number of thioether (sulfide) groups is 1. The van der Waals surface area contributed by atoms with Crippen molar-refractivity contribution < 1.29 is 4.79 Å². The van der Waals surface area contributed by atoms with Crippen molar-refractivity contribution >= 4 is 29.3 Å². The molecule has 1 amide bonds. The Kier molecular flexibility index (Phi) is 7.08. The summed E-state index contributed by atoms with van der Waals surface area (Å²) in [4.78, 5) is 18.7. The van der Waals surface area contributed by atoms with Crippen LogP contribution in [0.5, 0.6) is 0 Å². The summed E-state index contributed by atoms with van der Waals surface area (Å²) in [7, 11) is 3.95. The van der Waals surface area contributed by atoms with E-state index < -0.39 is 0 Å². The summed E-state index contributed by atoms with van der Waals surface area (Å²) in [6, 6.07) is 15.3. The molecular formula is C20H22ClN5OS. The third-order valence-electron chi connectivity index (χ3n) is 4.33. The molecular weight excluding hydrogens is 394 g/mol. The summed E-state index contributed by atoms with van der Waals surface area (Å²) in [5.74, 6) is 0.653. The van der Waals surface area contributed by atoms with E-state index in [1.54, 1.807) is 11.8 Å². The molecule has 2 N–H and O–H groups in total. The molecule has 0 spiro atoms. The summed E-state index contributed by atoms with van der Waals surface area (Å²) in [5, 5.41) is 11.1. The number of rotatable bonds is 8. The van der Waals surface area contributed by atoms with Gasteiger partial charge in [0.2, 0.25) is 0 Å². The smallest absolute Gasteiger partial charge is 0.251 e. The summed E-state index contributed by atoms with van der Waals surface area (Å²) in [5.41, 5.74) is 2.74. The minimum atomic E-state index is -0.103. The molecule has 2 aromatic carbocycles. The van der Waals surface area contributed by atoms with Crippen LogP contribution in [0.15, 0.2) is 60.0 Å². The van der Waals surface area contributed by atoms with Crippen LogP contribution in [-0.2, 0) is 5.75 Å². The highest BCUT2D eigenvalue weighted by Gasteiger charge is 2.18. The van der Waals surface area contributed by atoms with E-state index in [-0.39, 0.29) is 11.9 Å². The molecule has 1 heterocycles. The second-order valence-electron chi connectivity index (χ2n) is 6.49. The summed E-state index contributed by atoms with van der Waals surface area (Å²) in [6.45, 7) is 0.471. The minimum Gasteiger partial charge on any atom is -0.350 e. The van der Waals surface area contributed by atoms with Crippen molar-refractivity contribution in [2.75, 3.05) is 20.6 Å². The molecule has 0 unspecified atom stereocenters. The van der Waals surface area contributed by atoms with Crippen LogP contribution in [-0.4, -0.2) is 46.6 Å². The first-order valence-corrected chi connectivity index (χ1v) is 10.2. The lowest BCUT2D eigenvalue weighted by molar-refractivity contribution is 0.0942. The molecule has 0 saturated heterocycles. The number of likely N-dealkylation sites (N-methyl/N-ethyl adjacent to an activating group) is 1. The molecule has 0 aliphatic rings. The zero-order chi connectivity index (χ0) is 19.9. The molecule has 0 saturated carbocycles. The Morgan fingerprint density at radius 2 is 1.96 bits per heavy atom. The van der Waals surface area contributed by atoms with Gasteiger partial charge in [0, 0.05) is 22.9 Å². The lowest BCUT2D eigenvalue weighted by Gasteiger charge is -2.26. The van der Waals surface area contributed by atoms with E-state index in [0.29, 0.717) is 17.1 Å². The van der Waals surface area contributed by atoms with Crippen LogP contribution >= 0.6 is 23.4 Å². The Morgan fingerprint density at radius 3 is 2.61 bits per heavy atom. The van der Waals surface area contributed by atoms with E-state index in [4.69, 9.17) is 11.6 Å². The molecule has 1 aromatic heterocycles. The first-order chi connectivity index (χ1) is 13.5. The number of amides is 1. The first kappa shape index (κ1) is 20.4. The van der Waals surface area contributed by atoms with Gasteiger partial charge in [-0.3, -0.25) is 9.89 Å². The fourth-order valence-corrected chi connectivity index (χ4v) is 3.77. The van der Waals surface area contributed by atoms with Crippen molar-refractivity contribution in [3.8, 4) is 0 Å². The largest absolute Gasteiger partial charge is 0.350 e. The number of hydrogen-bond donors (Lipinski definition) is 2. The minimum absolute atomic E-state index is 0.00442. The lowest BCUT2D eigenvalue weighted by atomic mass is 10.1. The zero-order valence-electron chi connectivity index (χ0n) is 15.7. The third-order valence-corrected chi connectivity index (χ3v) is 5.62. The Hall–Kier alpha value is -2.35. The van der Waals surface area contributed by atoms with Gasteiger partial charge in [0.25, 0.3) is 5.91 Å². The predicted molar refractivity (Wildman–Crippen MR) is 113 cm³/mol. The Morgan fingerprint density at radius 1 is 1.21 bits per heavy atom. The second kappa shape index (κ2) is 9.73. The third kappa shape index (κ3) is 5.34. The molecule has 6 nitrogen and oxygen atoms in total. The Balaban J connectivity index is 1.58. The SMILES string of the molecule is CN(C)[C@H](CNC(=O)c1ccc(CSc2ncn[nH]2)cc1)c1ccccc1Cl. The molecule has 3 rings (SSSR count). The molecule has 146 valence electrons. The molecule has 0 radical (unpaired) electrons. The number of H-pyrrole nitrogens is 1. The number of nitrogens with zero attached hydrogens (tertiary/aromatic N) is 3. The normalized spacial score (nSPS) is 12.1. The molecule has 0 fully saturated rings. The maximum absolute atomic E-state index is 12.6. The number of aromatic amines is 1. The van der Waals surface area contributed by atoms with Gasteiger partial charge in [0.05, 0.1) is 6.04 Å². The van der Waals surface area contributed by atoms with Crippen LogP contribution in [0.1, 0.15) is 27.5 Å². The lowest BCUT2D eigenvalue weighted by Crippen LogP contribution is -2.34. The molecule has 1 atom stereocenters. The summed E-state index contributed by atoms with van der Waals surface area (Å²) < 4.78 is 0. The number of nitrogens with one attached hydrogen (secondary N) is 2. The number of aromatic nitrogens is 3. The quantitative estimate of drug-likeness (QED) is 0.547. The number of halogens is 1. The van der Waals surface area contributed by atoms with Gasteiger partial charge in [-0.15, -0.1) is 0 Å². The number of benzene rings is 2. The monoisotopic (exact) mass is 415 g/mol. The highest BCUT2D eigenvalue weighted by atomic mass is 35.5. The van der Waals surface area contributed by atoms with Crippen LogP contribution in [0.25, 0.3) is 0 Å². The van der Waals surface area contributed by atoms with Gasteiger partial charge >= 0.3 is 0 Å². The number of carbonyl (C=O) groups excluding carboxylic acids is 1. The maximum Gasteiger partial charge on any atom is 0.251 e. The van der Waals surface area contributed by atoms with E-state index in [1.165, 1.54) is 6.33 Å². The van der Waals surface area contributed by atoms with E-state index in [2.05, 4.69) is 20.5 Å². The fourth-order valence-electron chi connectivity index (χ4n) is 2.78.